The molecule has 21 heavy (non-hydrogen) atoms. The van der Waals surface area contributed by atoms with E-state index in [-0.39, 0.29) is 0 Å². The molecule has 0 aliphatic rings. The largest absolute Gasteiger partial charge is 0.370 e. The molecule has 0 unspecified atom stereocenters. The maximum atomic E-state index is 4.38. The fourth-order valence-electron chi connectivity index (χ4n) is 2.25. The van der Waals surface area contributed by atoms with E-state index in [1.807, 2.05) is 24.0 Å². The second-order valence-electron chi connectivity index (χ2n) is 5.04. The lowest BCUT2D eigenvalue weighted by Crippen LogP contribution is -2.14. The lowest BCUT2D eigenvalue weighted by atomic mass is 10.1. The van der Waals surface area contributed by atoms with Gasteiger partial charge in [0.2, 0.25) is 0 Å². The van der Waals surface area contributed by atoms with Crippen molar-refractivity contribution in [3.05, 3.63) is 29.8 Å². The van der Waals surface area contributed by atoms with Crippen molar-refractivity contribution in [1.82, 2.24) is 19.7 Å². The molecule has 0 bridgehead atoms. The van der Waals surface area contributed by atoms with Crippen molar-refractivity contribution in [3.8, 4) is 0 Å². The first-order valence-electron chi connectivity index (χ1n) is 7.55. The van der Waals surface area contributed by atoms with Crippen LogP contribution in [0.2, 0.25) is 0 Å². The summed E-state index contributed by atoms with van der Waals surface area (Å²) >= 11 is 0. The topological polar surface area (TPSA) is 67.7 Å². The van der Waals surface area contributed by atoms with Crippen molar-refractivity contribution in [2.45, 2.75) is 40.2 Å². The second-order valence-corrected chi connectivity index (χ2v) is 5.04. The minimum Gasteiger partial charge on any atom is -0.370 e. The number of rotatable bonds is 8. The molecule has 0 saturated heterocycles. The van der Waals surface area contributed by atoms with Crippen LogP contribution in [0.4, 0.5) is 11.6 Å². The van der Waals surface area contributed by atoms with Gasteiger partial charge in [-0.1, -0.05) is 13.3 Å². The highest BCUT2D eigenvalue weighted by atomic mass is 15.3. The van der Waals surface area contributed by atoms with Gasteiger partial charge in [-0.3, -0.25) is 4.68 Å². The highest BCUT2D eigenvalue weighted by molar-refractivity contribution is 5.57. The number of anilines is 2. The van der Waals surface area contributed by atoms with E-state index in [4.69, 9.17) is 0 Å². The van der Waals surface area contributed by atoms with Crippen molar-refractivity contribution in [1.29, 1.82) is 0 Å². The molecule has 0 aliphatic carbocycles. The zero-order valence-corrected chi connectivity index (χ0v) is 13.1. The van der Waals surface area contributed by atoms with Crippen LogP contribution in [0.5, 0.6) is 0 Å². The lowest BCUT2D eigenvalue weighted by Gasteiger charge is -2.14. The van der Waals surface area contributed by atoms with E-state index in [1.54, 1.807) is 6.33 Å². The summed E-state index contributed by atoms with van der Waals surface area (Å²) < 4.78 is 1.94. The van der Waals surface area contributed by atoms with Gasteiger partial charge in [0.25, 0.3) is 0 Å². The maximum absolute atomic E-state index is 4.38. The summed E-state index contributed by atoms with van der Waals surface area (Å²) in [4.78, 5) is 8.72. The minimum absolute atomic E-state index is 0.792. The predicted octanol–water partition coefficient (Wildman–Crippen LogP) is 2.48. The summed E-state index contributed by atoms with van der Waals surface area (Å²) in [5.74, 6) is 1.86. The fourth-order valence-corrected chi connectivity index (χ4v) is 2.25. The SMILES string of the molecule is CCCc1c(NCC)ncnc1NCCn1cc(C)cn1. The van der Waals surface area contributed by atoms with E-state index in [1.165, 1.54) is 11.1 Å². The van der Waals surface area contributed by atoms with E-state index >= 15 is 0 Å². The third-order valence-electron chi connectivity index (χ3n) is 3.19. The Morgan fingerprint density at radius 3 is 2.52 bits per heavy atom. The molecule has 0 amide bonds. The minimum atomic E-state index is 0.792. The third kappa shape index (κ3) is 4.18. The second kappa shape index (κ2) is 7.61. The average molecular weight is 288 g/mol. The molecular weight excluding hydrogens is 264 g/mol. The molecule has 0 radical (unpaired) electrons. The molecule has 0 fully saturated rings. The molecule has 2 N–H and O–H groups in total. The summed E-state index contributed by atoms with van der Waals surface area (Å²) in [5, 5.41) is 11.0. The summed E-state index contributed by atoms with van der Waals surface area (Å²) in [6.07, 6.45) is 7.55. The molecule has 2 aromatic heterocycles. The summed E-state index contributed by atoms with van der Waals surface area (Å²) in [7, 11) is 0. The Morgan fingerprint density at radius 2 is 1.90 bits per heavy atom. The van der Waals surface area contributed by atoms with Gasteiger partial charge in [-0.2, -0.15) is 5.10 Å². The quantitative estimate of drug-likeness (QED) is 0.781. The Kier molecular flexibility index (Phi) is 5.54. The van der Waals surface area contributed by atoms with Gasteiger partial charge >= 0.3 is 0 Å². The fraction of sp³-hybridized carbons (Fsp3) is 0.533. The standard InChI is InChI=1S/C15H24N6/c1-4-6-13-14(16-5-2)18-11-19-15(13)17-7-8-21-10-12(3)9-20-21/h9-11H,4-8H2,1-3H3,(H2,16,17,18,19). The van der Waals surface area contributed by atoms with Crippen molar-refractivity contribution >= 4 is 11.6 Å². The molecule has 0 aromatic carbocycles. The molecule has 2 heterocycles. The van der Waals surface area contributed by atoms with Crippen LogP contribution in [-0.4, -0.2) is 32.8 Å². The normalized spacial score (nSPS) is 10.6. The van der Waals surface area contributed by atoms with Crippen LogP contribution in [-0.2, 0) is 13.0 Å². The molecule has 0 saturated carbocycles. The van der Waals surface area contributed by atoms with Gasteiger partial charge in [-0.05, 0) is 25.8 Å². The van der Waals surface area contributed by atoms with Gasteiger partial charge in [0.05, 0.1) is 12.7 Å². The van der Waals surface area contributed by atoms with Gasteiger partial charge < -0.3 is 10.6 Å². The number of nitrogens with zero attached hydrogens (tertiary/aromatic N) is 4. The van der Waals surface area contributed by atoms with Crippen LogP contribution < -0.4 is 10.6 Å². The van der Waals surface area contributed by atoms with Gasteiger partial charge in [-0.15, -0.1) is 0 Å². The first kappa shape index (κ1) is 15.3. The van der Waals surface area contributed by atoms with E-state index in [0.717, 1.165) is 44.1 Å². The van der Waals surface area contributed by atoms with Crippen LogP contribution in [0.1, 0.15) is 31.4 Å². The van der Waals surface area contributed by atoms with Gasteiger partial charge in [0, 0.05) is 24.8 Å². The van der Waals surface area contributed by atoms with E-state index in [0.29, 0.717) is 0 Å². The van der Waals surface area contributed by atoms with Crippen molar-refractivity contribution in [2.75, 3.05) is 23.7 Å². The van der Waals surface area contributed by atoms with Crippen molar-refractivity contribution in [3.63, 3.8) is 0 Å². The molecule has 2 rings (SSSR count). The molecular formula is C15H24N6. The summed E-state index contributed by atoms with van der Waals surface area (Å²) in [6.45, 7) is 8.76. The average Bonchev–Trinajstić information content (AvgIpc) is 2.88. The number of aromatic nitrogens is 4. The predicted molar refractivity (Wildman–Crippen MR) is 85.6 cm³/mol. The monoisotopic (exact) mass is 288 g/mol. The van der Waals surface area contributed by atoms with Gasteiger partial charge in [0.15, 0.2) is 0 Å². The van der Waals surface area contributed by atoms with Crippen molar-refractivity contribution in [2.24, 2.45) is 0 Å². The first-order valence-corrected chi connectivity index (χ1v) is 7.55. The molecule has 0 atom stereocenters. The first-order chi connectivity index (χ1) is 10.2. The highest BCUT2D eigenvalue weighted by Gasteiger charge is 2.09. The number of aryl methyl sites for hydroxylation is 1. The Labute approximate surface area is 126 Å². The Balaban J connectivity index is 2.02. The number of hydrogen-bond donors (Lipinski definition) is 2. The molecule has 6 nitrogen and oxygen atoms in total. The summed E-state index contributed by atoms with van der Waals surface area (Å²) in [6, 6.07) is 0. The Bertz CT molecular complexity index is 563. The van der Waals surface area contributed by atoms with Crippen LogP contribution >= 0.6 is 0 Å². The zero-order chi connectivity index (χ0) is 15.1. The lowest BCUT2D eigenvalue weighted by molar-refractivity contribution is 0.636. The molecule has 114 valence electrons. The van der Waals surface area contributed by atoms with Gasteiger partial charge in [0.1, 0.15) is 18.0 Å². The van der Waals surface area contributed by atoms with Crippen LogP contribution in [0.15, 0.2) is 18.7 Å². The Hall–Kier alpha value is -2.11. The Morgan fingerprint density at radius 1 is 1.14 bits per heavy atom. The zero-order valence-electron chi connectivity index (χ0n) is 13.1. The molecule has 0 spiro atoms. The van der Waals surface area contributed by atoms with Crippen LogP contribution in [0, 0.1) is 6.92 Å². The molecule has 0 aliphatic heterocycles. The number of nitrogens with one attached hydrogen (secondary N) is 2. The summed E-state index contributed by atoms with van der Waals surface area (Å²) in [5.41, 5.74) is 2.34. The van der Waals surface area contributed by atoms with E-state index in [9.17, 15) is 0 Å². The van der Waals surface area contributed by atoms with E-state index in [2.05, 4.69) is 39.5 Å². The van der Waals surface area contributed by atoms with Crippen molar-refractivity contribution < 1.29 is 0 Å². The molecule has 6 heteroatoms. The van der Waals surface area contributed by atoms with Gasteiger partial charge in [-0.25, -0.2) is 9.97 Å². The maximum Gasteiger partial charge on any atom is 0.134 e. The third-order valence-corrected chi connectivity index (χ3v) is 3.19. The van der Waals surface area contributed by atoms with Crippen LogP contribution in [0.3, 0.4) is 0 Å². The molecule has 2 aromatic rings. The smallest absolute Gasteiger partial charge is 0.134 e. The van der Waals surface area contributed by atoms with Crippen LogP contribution in [0.25, 0.3) is 0 Å². The van der Waals surface area contributed by atoms with E-state index < -0.39 is 0 Å². The number of hydrogen-bond acceptors (Lipinski definition) is 5. The highest BCUT2D eigenvalue weighted by Crippen LogP contribution is 2.21.